The highest BCUT2D eigenvalue weighted by molar-refractivity contribution is 9.10. The quantitative estimate of drug-likeness (QED) is 0.0509. The minimum atomic E-state index is -2.71. The summed E-state index contributed by atoms with van der Waals surface area (Å²) in [5.74, 6) is 0.323. The number of benzene rings is 6. The minimum absolute atomic E-state index is 0.0246. The summed E-state index contributed by atoms with van der Waals surface area (Å²) < 4.78 is 67.9. The number of imidazole rings is 2. The molecule has 0 aliphatic heterocycles. The zero-order valence-electron chi connectivity index (χ0n) is 46.5. The number of ether oxygens (including phenoxy) is 2. The van der Waals surface area contributed by atoms with Crippen molar-refractivity contribution in [3.63, 3.8) is 0 Å². The monoisotopic (exact) mass is 1330 g/mol. The predicted molar refractivity (Wildman–Crippen MR) is 327 cm³/mol. The number of aromatic nitrogens is 4. The second kappa shape index (κ2) is 28.8. The Kier molecular flexibility index (Phi) is 22.8. The van der Waals surface area contributed by atoms with Crippen LogP contribution >= 0.6 is 66.7 Å². The molecule has 2 heterocycles. The van der Waals surface area contributed by atoms with E-state index in [9.17, 15) is 36.7 Å². The first-order chi connectivity index (χ1) is 39.0. The second-order valence-corrected chi connectivity index (χ2v) is 24.0. The van der Waals surface area contributed by atoms with Gasteiger partial charge in [-0.05, 0) is 107 Å². The van der Waals surface area contributed by atoms with Gasteiger partial charge in [-0.3, -0.25) is 19.2 Å². The maximum atomic E-state index is 13.2. The van der Waals surface area contributed by atoms with Crippen molar-refractivity contribution in [2.75, 3.05) is 23.8 Å². The van der Waals surface area contributed by atoms with E-state index in [1.807, 2.05) is 61.2 Å². The minimum Gasteiger partial charge on any atom is -0.487 e. The summed E-state index contributed by atoms with van der Waals surface area (Å²) in [7, 11) is 3.61. The van der Waals surface area contributed by atoms with Gasteiger partial charge in [0, 0.05) is 93.4 Å². The van der Waals surface area contributed by atoms with E-state index in [-0.39, 0.29) is 39.2 Å². The molecule has 23 heteroatoms. The fourth-order valence-electron chi connectivity index (χ4n) is 7.77. The van der Waals surface area contributed by atoms with Crippen LogP contribution < -0.4 is 31.2 Å². The Hall–Kier alpha value is -6.55. The van der Waals surface area contributed by atoms with Crippen molar-refractivity contribution >= 4 is 123 Å². The van der Waals surface area contributed by atoms with Gasteiger partial charge >= 0.3 is 0 Å². The Balaban J connectivity index is 0.000000241. The van der Waals surface area contributed by atoms with Gasteiger partial charge in [0.05, 0.1) is 33.2 Å². The molecule has 0 radical (unpaired) electrons. The molecule has 83 heavy (non-hydrogen) atoms. The van der Waals surface area contributed by atoms with Crippen LogP contribution in [0.25, 0.3) is 22.1 Å². The molecule has 5 N–H and O–H groups in total. The van der Waals surface area contributed by atoms with E-state index >= 15 is 0 Å². The van der Waals surface area contributed by atoms with Crippen LogP contribution in [-0.2, 0) is 49.6 Å². The third-order valence-corrected chi connectivity index (χ3v) is 14.8. The van der Waals surface area contributed by atoms with Crippen LogP contribution in [0.4, 0.5) is 28.9 Å². The molecule has 440 valence electrons. The van der Waals surface area contributed by atoms with Crippen molar-refractivity contribution in [2.45, 2.75) is 80.3 Å². The van der Waals surface area contributed by atoms with Crippen molar-refractivity contribution in [3.8, 4) is 11.5 Å². The first kappa shape index (κ1) is 65.6. The lowest BCUT2D eigenvalue weighted by Crippen LogP contribution is -2.34. The average molecular weight is 1330 g/mol. The lowest BCUT2D eigenvalue weighted by Gasteiger charge is -2.18. The zero-order valence-corrected chi connectivity index (χ0v) is 51.9. The molecule has 0 fully saturated rings. The maximum Gasteiger partial charge on any atom is 0.272 e. The summed E-state index contributed by atoms with van der Waals surface area (Å²) in [5.41, 5.74) is 11.9. The average Bonchev–Trinajstić information content (AvgIpc) is 2.60. The number of fused-ring (bicyclic) bond motifs is 2. The van der Waals surface area contributed by atoms with Gasteiger partial charge in [0.1, 0.15) is 36.4 Å². The third-order valence-electron chi connectivity index (χ3n) is 12.4. The normalized spacial score (nSPS) is 11.5. The zero-order chi connectivity index (χ0) is 61.1. The van der Waals surface area contributed by atoms with Crippen LogP contribution in [0.5, 0.6) is 11.5 Å². The summed E-state index contributed by atoms with van der Waals surface area (Å²) >= 11 is 24.7. The van der Waals surface area contributed by atoms with Gasteiger partial charge in [0.2, 0.25) is 11.1 Å². The van der Waals surface area contributed by atoms with E-state index in [0.29, 0.717) is 81.1 Å². The number of aryl methyl sites for hydroxylation is 2. The van der Waals surface area contributed by atoms with Crippen molar-refractivity contribution in [3.05, 3.63) is 173 Å². The van der Waals surface area contributed by atoms with Crippen LogP contribution in [0.2, 0.25) is 10.0 Å². The number of carbonyl (C=O) groups excluding carboxylic acids is 4. The number of hydrogen-bond acceptors (Lipinski definition) is 9. The van der Waals surface area contributed by atoms with Gasteiger partial charge in [-0.15, -0.1) is 0 Å². The number of rotatable bonds is 17. The predicted octanol–water partition coefficient (Wildman–Crippen LogP) is 14.9. The first-order valence-electron chi connectivity index (χ1n) is 25.7. The van der Waals surface area contributed by atoms with Crippen LogP contribution in [0, 0.1) is 10.8 Å². The Morgan fingerprint density at radius 1 is 0.602 bits per heavy atom. The van der Waals surface area contributed by atoms with Gasteiger partial charge in [0.25, 0.3) is 24.7 Å². The number of anilines is 2. The molecule has 0 bridgehead atoms. The molecule has 0 spiro atoms. The van der Waals surface area contributed by atoms with Crippen molar-refractivity contribution in [2.24, 2.45) is 30.7 Å². The van der Waals surface area contributed by atoms with Gasteiger partial charge in [0.15, 0.2) is 0 Å². The fraction of sp³-hybridized carbons (Fsp3) is 0.300. The highest BCUT2D eigenvalue weighted by atomic mass is 79.9. The van der Waals surface area contributed by atoms with E-state index in [2.05, 4.69) is 52.8 Å². The van der Waals surface area contributed by atoms with Crippen LogP contribution in [0.3, 0.4) is 0 Å². The van der Waals surface area contributed by atoms with Crippen molar-refractivity contribution < 1.29 is 46.2 Å². The Labute approximate surface area is 510 Å². The van der Waals surface area contributed by atoms with Gasteiger partial charge in [-0.25, -0.2) is 27.5 Å². The highest BCUT2D eigenvalue weighted by Gasteiger charge is 2.24. The van der Waals surface area contributed by atoms with Crippen molar-refractivity contribution in [1.29, 1.82) is 0 Å². The molecule has 14 nitrogen and oxygen atoms in total. The summed E-state index contributed by atoms with van der Waals surface area (Å²) in [6.45, 7) is 9.93. The van der Waals surface area contributed by atoms with E-state index < -0.39 is 43.3 Å². The summed E-state index contributed by atoms with van der Waals surface area (Å²) in [6.07, 6.45) is -4.62. The molecule has 8 rings (SSSR count). The van der Waals surface area contributed by atoms with Gasteiger partial charge in [-0.1, -0.05) is 121 Å². The van der Waals surface area contributed by atoms with Crippen LogP contribution in [-0.4, -0.2) is 68.1 Å². The molecule has 0 atom stereocenters. The molecule has 0 aliphatic carbocycles. The van der Waals surface area contributed by atoms with Crippen molar-refractivity contribution in [1.82, 2.24) is 24.4 Å². The Bertz CT molecular complexity index is 3630. The number of nitrogens with one attached hydrogen (secondary N) is 3. The largest absolute Gasteiger partial charge is 0.487 e. The lowest BCUT2D eigenvalue weighted by molar-refractivity contribution is -0.128. The number of nitrogens with two attached hydrogens (primary N) is 1. The molecule has 0 unspecified atom stereocenters. The highest BCUT2D eigenvalue weighted by Crippen LogP contribution is 2.32. The molecule has 0 saturated heterocycles. The fourth-order valence-corrected chi connectivity index (χ4v) is 8.67. The molecule has 6 aromatic carbocycles. The molecule has 0 saturated carbocycles. The van der Waals surface area contributed by atoms with Gasteiger partial charge < -0.3 is 40.3 Å². The molecule has 2 aromatic heterocycles. The molecular weight excluding hydrogens is 1270 g/mol. The Morgan fingerprint density at radius 2 is 0.988 bits per heavy atom. The number of nitrogens with zero attached hydrogens (tertiary/aromatic N) is 4. The Morgan fingerprint density at radius 3 is 1.35 bits per heavy atom. The number of amides is 3. The van der Waals surface area contributed by atoms with Crippen LogP contribution in [0.1, 0.15) is 96.2 Å². The van der Waals surface area contributed by atoms with Crippen LogP contribution in [0.15, 0.2) is 118 Å². The smallest absolute Gasteiger partial charge is 0.272 e. The number of carbonyl (C=O) groups is 4. The SMILES string of the molecule is CC(C)(C)C(=O)Cl.Cn1c(Cc2cc(CN)ccc2Cl)nc2cc(C(=O)Nc3ccc(Br)cc3)c(OCC(F)F)cc21.Cn1c(Cc2cc(CNC(=O)C(C)(C)C)ccc2Cl)nc2cc(C(=O)Nc3ccc(Br)cc3)c(OCC(F)F)cc21. The first-order valence-corrected chi connectivity index (χ1v) is 28.4. The lowest BCUT2D eigenvalue weighted by atomic mass is 9.95. The standard InChI is InChI=1S/C30H30BrClF2N4O3.C25H22BrClF2N4O2.C5H9ClO/c1-30(2,3)29(40)35-15-17-5-10-22(32)18(11-17)12-27-37-23-13-21(28(39)36-20-8-6-19(31)7-9-20)25(41-16-26(33)34)14-24(23)38(27)4;1-33-21-11-22(35-13-23(28)29)18(25(34)31-17-5-3-16(26)4-6-17)10-20(21)32-24(33)9-15-8-14(12-30)2-7-19(15)27;1-5(2,3)4(6)7/h5-11,13-14,26H,12,15-16H2,1-4H3,(H,35,40)(H,36,39);2-8,10-11,23H,9,12-13,30H2,1H3,(H,31,34);1-3H3. The van der Waals surface area contributed by atoms with E-state index in [4.69, 9.17) is 55.0 Å². The summed E-state index contributed by atoms with van der Waals surface area (Å²) in [6, 6.07) is 31.3. The number of alkyl halides is 4. The van der Waals surface area contributed by atoms with E-state index in [0.717, 1.165) is 31.2 Å². The van der Waals surface area contributed by atoms with E-state index in [1.165, 1.54) is 6.07 Å². The second-order valence-electron chi connectivity index (χ2n) is 21.0. The third kappa shape index (κ3) is 18.5. The maximum absolute atomic E-state index is 13.2. The van der Waals surface area contributed by atoms with Gasteiger partial charge in [-0.2, -0.15) is 0 Å². The molecular formula is C60H61Br2Cl3F4N8O6. The summed E-state index contributed by atoms with van der Waals surface area (Å²) in [5, 5.41) is 9.32. The number of halogens is 9. The van der Waals surface area contributed by atoms with E-state index in [1.54, 1.807) is 107 Å². The molecule has 0 aliphatic rings. The summed E-state index contributed by atoms with van der Waals surface area (Å²) in [4.78, 5) is 58.2. The number of hydrogen-bond donors (Lipinski definition) is 4. The molecule has 8 aromatic rings. The molecule has 3 amide bonds. The topological polar surface area (TPSA) is 184 Å².